The molecular formula is C17H25I2N. The molecule has 1 aliphatic heterocycles. The zero-order chi connectivity index (χ0) is 15.1. The molecule has 2 rings (SSSR count). The zero-order valence-corrected chi connectivity index (χ0v) is 17.5. The molecule has 3 heteroatoms. The summed E-state index contributed by atoms with van der Waals surface area (Å²) in [6, 6.07) is 4.80. The molecule has 0 unspecified atom stereocenters. The van der Waals surface area contributed by atoms with Crippen molar-refractivity contribution in [3.8, 4) is 0 Å². The fraction of sp³-hybridized carbons (Fsp3) is 0.647. The maximum absolute atomic E-state index is 2.50. The molecule has 0 N–H and O–H groups in total. The number of anilines is 1. The Hall–Kier alpha value is 0.480. The second-order valence-corrected chi connectivity index (χ2v) is 9.55. The fourth-order valence-corrected chi connectivity index (χ4v) is 5.08. The normalized spacial score (nSPS) is 18.1. The van der Waals surface area contributed by atoms with E-state index < -0.39 is 0 Å². The van der Waals surface area contributed by atoms with E-state index in [9.17, 15) is 0 Å². The Morgan fingerprint density at radius 3 is 2.55 bits per heavy atom. The van der Waals surface area contributed by atoms with E-state index in [0.29, 0.717) is 0 Å². The van der Waals surface area contributed by atoms with Crippen molar-refractivity contribution >= 4 is 50.9 Å². The Morgan fingerprint density at radius 2 is 1.95 bits per heavy atom. The Morgan fingerprint density at radius 1 is 1.30 bits per heavy atom. The lowest BCUT2D eigenvalue weighted by Gasteiger charge is -2.42. The molecule has 1 heterocycles. The smallest absolute Gasteiger partial charge is 0.0440 e. The number of rotatable bonds is 3. The van der Waals surface area contributed by atoms with Gasteiger partial charge in [0, 0.05) is 27.3 Å². The lowest BCUT2D eigenvalue weighted by molar-refractivity contribution is 0.451. The average Bonchev–Trinajstić information content (AvgIpc) is 2.33. The van der Waals surface area contributed by atoms with E-state index in [0.717, 1.165) is 6.54 Å². The van der Waals surface area contributed by atoms with Crippen molar-refractivity contribution in [2.75, 3.05) is 22.9 Å². The first kappa shape index (κ1) is 16.8. The molecule has 0 amide bonds. The molecule has 0 aliphatic carbocycles. The summed E-state index contributed by atoms with van der Waals surface area (Å²) >= 11 is 4.98. The van der Waals surface area contributed by atoms with Gasteiger partial charge in [-0.2, -0.15) is 0 Å². The third-order valence-corrected chi connectivity index (χ3v) is 5.87. The first-order valence-electron chi connectivity index (χ1n) is 7.31. The van der Waals surface area contributed by atoms with Crippen molar-refractivity contribution in [2.24, 2.45) is 0 Å². The first-order valence-corrected chi connectivity index (χ1v) is 9.91. The molecule has 1 aromatic rings. The van der Waals surface area contributed by atoms with Gasteiger partial charge in [-0.05, 0) is 69.5 Å². The Balaban J connectivity index is 2.68. The number of hydrogen-bond acceptors (Lipinski definition) is 1. The molecule has 1 aliphatic rings. The van der Waals surface area contributed by atoms with Gasteiger partial charge < -0.3 is 4.90 Å². The SMILES string of the molecule is CN1CCC(C)(C)c2cc(I)cc(C(C)(C)CCI)c21. The summed E-state index contributed by atoms with van der Waals surface area (Å²) in [5.74, 6) is 0. The second-order valence-electron chi connectivity index (χ2n) is 7.23. The number of fused-ring (bicyclic) bond motifs is 1. The standard InChI is InChI=1S/C17H25I2N/c1-16(2,6-8-18)13-10-12(19)11-14-15(13)20(5)9-7-17(14,3)4/h10-11H,6-9H2,1-5H3. The molecule has 0 fully saturated rings. The predicted octanol–water partition coefficient (Wildman–Crippen LogP) is 5.51. The molecule has 0 atom stereocenters. The molecule has 112 valence electrons. The minimum atomic E-state index is 0.244. The maximum atomic E-state index is 2.50. The first-order chi connectivity index (χ1) is 9.19. The van der Waals surface area contributed by atoms with Crippen molar-refractivity contribution in [3.05, 3.63) is 26.8 Å². The van der Waals surface area contributed by atoms with Crippen LogP contribution in [0.15, 0.2) is 12.1 Å². The van der Waals surface area contributed by atoms with Crippen LogP contribution in [0.5, 0.6) is 0 Å². The number of nitrogens with zero attached hydrogens (tertiary/aromatic N) is 1. The minimum Gasteiger partial charge on any atom is -0.374 e. The molecule has 1 nitrogen and oxygen atoms in total. The van der Waals surface area contributed by atoms with Gasteiger partial charge in [-0.25, -0.2) is 0 Å². The summed E-state index contributed by atoms with van der Waals surface area (Å²) in [7, 11) is 2.25. The maximum Gasteiger partial charge on any atom is 0.0440 e. The summed E-state index contributed by atoms with van der Waals surface area (Å²) in [5.41, 5.74) is 5.10. The molecule has 20 heavy (non-hydrogen) atoms. The summed E-state index contributed by atoms with van der Waals surface area (Å²) in [6.45, 7) is 10.7. The molecule has 0 spiro atoms. The molecule has 0 saturated heterocycles. The number of halogens is 2. The summed E-state index contributed by atoms with van der Waals surface area (Å²) in [6.07, 6.45) is 2.47. The van der Waals surface area contributed by atoms with Crippen LogP contribution < -0.4 is 4.90 Å². The highest BCUT2D eigenvalue weighted by molar-refractivity contribution is 14.1. The van der Waals surface area contributed by atoms with Crippen molar-refractivity contribution in [1.29, 1.82) is 0 Å². The highest BCUT2D eigenvalue weighted by atomic mass is 127. The van der Waals surface area contributed by atoms with Crippen LogP contribution in [0, 0.1) is 3.57 Å². The lowest BCUT2D eigenvalue weighted by Crippen LogP contribution is -2.37. The third kappa shape index (κ3) is 3.13. The summed E-state index contributed by atoms with van der Waals surface area (Å²) in [4.78, 5) is 2.47. The largest absolute Gasteiger partial charge is 0.374 e. The van der Waals surface area contributed by atoms with Gasteiger partial charge in [0.2, 0.25) is 0 Å². The van der Waals surface area contributed by atoms with Crippen molar-refractivity contribution in [1.82, 2.24) is 0 Å². The quantitative estimate of drug-likeness (QED) is 0.394. The van der Waals surface area contributed by atoms with E-state index in [-0.39, 0.29) is 10.8 Å². The van der Waals surface area contributed by atoms with E-state index in [4.69, 9.17) is 0 Å². The fourth-order valence-electron chi connectivity index (χ4n) is 3.11. The van der Waals surface area contributed by atoms with E-state index in [1.807, 2.05) is 0 Å². The van der Waals surface area contributed by atoms with Gasteiger partial charge in [-0.1, -0.05) is 50.3 Å². The minimum absolute atomic E-state index is 0.244. The van der Waals surface area contributed by atoms with E-state index in [1.165, 1.54) is 37.7 Å². The summed E-state index contributed by atoms with van der Waals surface area (Å²) < 4.78 is 2.58. The predicted molar refractivity (Wildman–Crippen MR) is 107 cm³/mol. The van der Waals surface area contributed by atoms with Crippen LogP contribution in [0.3, 0.4) is 0 Å². The summed E-state index contributed by atoms with van der Waals surface area (Å²) in [5, 5.41) is 0. The Bertz CT molecular complexity index is 506. The van der Waals surface area contributed by atoms with Gasteiger partial charge >= 0.3 is 0 Å². The number of benzene rings is 1. The molecule has 0 saturated carbocycles. The number of hydrogen-bond donors (Lipinski definition) is 0. The monoisotopic (exact) mass is 497 g/mol. The molecule has 0 aromatic heterocycles. The van der Waals surface area contributed by atoms with Crippen molar-refractivity contribution < 1.29 is 0 Å². The third-order valence-electron chi connectivity index (χ3n) is 4.71. The van der Waals surface area contributed by atoms with Crippen LogP contribution >= 0.6 is 45.2 Å². The Kier molecular flexibility index (Phi) is 5.00. The molecular weight excluding hydrogens is 472 g/mol. The van der Waals surface area contributed by atoms with Crippen LogP contribution in [-0.2, 0) is 10.8 Å². The van der Waals surface area contributed by atoms with Gasteiger partial charge in [0.1, 0.15) is 0 Å². The van der Waals surface area contributed by atoms with Crippen LogP contribution in [0.4, 0.5) is 5.69 Å². The van der Waals surface area contributed by atoms with Gasteiger partial charge in [-0.15, -0.1) is 0 Å². The van der Waals surface area contributed by atoms with Crippen molar-refractivity contribution in [2.45, 2.75) is 51.4 Å². The van der Waals surface area contributed by atoms with Gasteiger partial charge in [0.25, 0.3) is 0 Å². The van der Waals surface area contributed by atoms with Gasteiger partial charge in [-0.3, -0.25) is 0 Å². The van der Waals surface area contributed by atoms with Gasteiger partial charge in [0.15, 0.2) is 0 Å². The highest BCUT2D eigenvalue weighted by Gasteiger charge is 2.35. The average molecular weight is 497 g/mol. The van der Waals surface area contributed by atoms with E-state index in [2.05, 4.69) is 97.0 Å². The molecule has 0 bridgehead atoms. The van der Waals surface area contributed by atoms with Crippen LogP contribution in [0.25, 0.3) is 0 Å². The van der Waals surface area contributed by atoms with E-state index in [1.54, 1.807) is 0 Å². The van der Waals surface area contributed by atoms with Crippen molar-refractivity contribution in [3.63, 3.8) is 0 Å². The van der Waals surface area contributed by atoms with Crippen LogP contribution in [-0.4, -0.2) is 18.0 Å². The molecule has 1 aromatic carbocycles. The Labute approximate surface area is 151 Å². The van der Waals surface area contributed by atoms with Gasteiger partial charge in [0.05, 0.1) is 0 Å². The highest BCUT2D eigenvalue weighted by Crippen LogP contribution is 2.46. The number of alkyl halides is 1. The van der Waals surface area contributed by atoms with Crippen LogP contribution in [0.1, 0.15) is 51.7 Å². The second kappa shape index (κ2) is 5.94. The lowest BCUT2D eigenvalue weighted by atomic mass is 9.72. The zero-order valence-electron chi connectivity index (χ0n) is 13.2. The van der Waals surface area contributed by atoms with Crippen LogP contribution in [0.2, 0.25) is 0 Å². The van der Waals surface area contributed by atoms with E-state index >= 15 is 0 Å². The topological polar surface area (TPSA) is 3.24 Å². The molecule has 0 radical (unpaired) electrons.